The smallest absolute Gasteiger partial charge is 0.317 e. The van der Waals surface area contributed by atoms with Crippen LogP contribution in [0.1, 0.15) is 5.56 Å². The Morgan fingerprint density at radius 3 is 2.22 bits per heavy atom. The van der Waals surface area contributed by atoms with Crippen molar-refractivity contribution in [2.45, 2.75) is 0 Å². The first kappa shape index (κ1) is 18.0. The quantitative estimate of drug-likeness (QED) is 0.424. The molecule has 0 saturated heterocycles. The molecule has 0 saturated carbocycles. The molecule has 0 aliphatic carbocycles. The lowest BCUT2D eigenvalue weighted by Crippen LogP contribution is -2.32. The molecule has 0 spiro atoms. The fraction of sp³-hybridized carbons (Fsp3) is 0. The highest BCUT2D eigenvalue weighted by atomic mass is 19.1. The van der Waals surface area contributed by atoms with Gasteiger partial charge in [-0.3, -0.25) is 9.59 Å². The van der Waals surface area contributed by atoms with Crippen molar-refractivity contribution in [2.75, 3.05) is 5.32 Å². The topological polar surface area (TPSA) is 70.6 Å². The fourth-order valence-electron chi connectivity index (χ4n) is 2.41. The molecule has 0 aliphatic heterocycles. The van der Waals surface area contributed by atoms with E-state index in [4.69, 9.17) is 0 Å². The maximum atomic E-state index is 12.8. The first-order valence-electron chi connectivity index (χ1n) is 8.18. The van der Waals surface area contributed by atoms with Crippen molar-refractivity contribution in [3.8, 4) is 11.1 Å². The number of rotatable bonds is 4. The molecular weight excluding hydrogens is 345 g/mol. The van der Waals surface area contributed by atoms with Crippen molar-refractivity contribution in [1.29, 1.82) is 0 Å². The molecule has 3 aromatic rings. The van der Waals surface area contributed by atoms with E-state index in [-0.39, 0.29) is 5.82 Å². The Morgan fingerprint density at radius 2 is 1.48 bits per heavy atom. The van der Waals surface area contributed by atoms with E-state index in [2.05, 4.69) is 15.8 Å². The van der Waals surface area contributed by atoms with Gasteiger partial charge in [0.25, 0.3) is 0 Å². The van der Waals surface area contributed by atoms with Crippen LogP contribution >= 0.6 is 0 Å². The van der Waals surface area contributed by atoms with Gasteiger partial charge in [0, 0.05) is 11.3 Å². The molecule has 2 N–H and O–H groups in total. The Hall–Kier alpha value is -3.80. The van der Waals surface area contributed by atoms with E-state index in [0.717, 1.165) is 11.1 Å². The van der Waals surface area contributed by atoms with Gasteiger partial charge in [0.05, 0.1) is 6.21 Å². The Bertz CT molecular complexity index is 970. The second-order valence-electron chi connectivity index (χ2n) is 5.62. The van der Waals surface area contributed by atoms with Crippen molar-refractivity contribution in [2.24, 2.45) is 5.10 Å². The van der Waals surface area contributed by atoms with Gasteiger partial charge in [0.1, 0.15) is 5.82 Å². The zero-order valence-electron chi connectivity index (χ0n) is 14.2. The third-order valence-electron chi connectivity index (χ3n) is 3.72. The van der Waals surface area contributed by atoms with E-state index in [0.29, 0.717) is 11.3 Å². The van der Waals surface area contributed by atoms with Gasteiger partial charge in [-0.2, -0.15) is 5.10 Å². The van der Waals surface area contributed by atoms with Crippen LogP contribution in [-0.2, 0) is 9.59 Å². The highest BCUT2D eigenvalue weighted by Crippen LogP contribution is 2.27. The number of nitrogens with one attached hydrogen (secondary N) is 2. The van der Waals surface area contributed by atoms with Crippen LogP contribution in [0, 0.1) is 5.82 Å². The number of nitrogens with zero attached hydrogens (tertiary/aromatic N) is 1. The van der Waals surface area contributed by atoms with E-state index in [1.165, 1.54) is 30.5 Å². The number of anilines is 1. The summed E-state index contributed by atoms with van der Waals surface area (Å²) in [4.78, 5) is 24.1. The number of para-hydroxylation sites is 1. The van der Waals surface area contributed by atoms with Crippen LogP contribution in [0.2, 0.25) is 0 Å². The summed E-state index contributed by atoms with van der Waals surface area (Å²) in [5.41, 5.74) is 4.98. The van der Waals surface area contributed by atoms with Crippen LogP contribution in [0.15, 0.2) is 84.0 Å². The molecule has 3 aromatic carbocycles. The number of benzene rings is 3. The van der Waals surface area contributed by atoms with Crippen molar-refractivity contribution in [3.05, 3.63) is 90.2 Å². The van der Waals surface area contributed by atoms with Crippen LogP contribution in [0.25, 0.3) is 11.1 Å². The summed E-state index contributed by atoms with van der Waals surface area (Å²) in [6, 6.07) is 22.3. The lowest BCUT2D eigenvalue weighted by Gasteiger charge is -2.10. The number of hydrogen-bond donors (Lipinski definition) is 2. The summed E-state index contributed by atoms with van der Waals surface area (Å²) in [5, 5.41) is 6.30. The van der Waals surface area contributed by atoms with Gasteiger partial charge in [0.15, 0.2) is 0 Å². The second kappa shape index (κ2) is 8.53. The van der Waals surface area contributed by atoms with E-state index in [1.54, 1.807) is 12.1 Å². The summed E-state index contributed by atoms with van der Waals surface area (Å²) in [5.74, 6) is -2.11. The monoisotopic (exact) mass is 361 g/mol. The molecule has 6 heteroatoms. The molecule has 0 radical (unpaired) electrons. The minimum Gasteiger partial charge on any atom is -0.317 e. The molecule has 0 unspecified atom stereocenters. The Kier molecular flexibility index (Phi) is 5.69. The molecule has 0 aromatic heterocycles. The number of carbonyl (C=O) groups is 2. The number of carbonyl (C=O) groups excluding carboxylic acids is 2. The second-order valence-corrected chi connectivity index (χ2v) is 5.62. The van der Waals surface area contributed by atoms with Gasteiger partial charge in [-0.25, -0.2) is 9.82 Å². The van der Waals surface area contributed by atoms with Crippen LogP contribution < -0.4 is 10.7 Å². The molecule has 0 bridgehead atoms. The SMILES string of the molecule is O=C(NN=Cc1ccc(F)cc1)C(=O)Nc1ccccc1-c1ccccc1. The molecule has 3 rings (SSSR count). The normalized spacial score (nSPS) is 10.6. The highest BCUT2D eigenvalue weighted by molar-refractivity contribution is 6.39. The fourth-order valence-corrected chi connectivity index (χ4v) is 2.41. The summed E-state index contributed by atoms with van der Waals surface area (Å²) in [6.45, 7) is 0. The minimum atomic E-state index is -0.906. The van der Waals surface area contributed by atoms with Crippen LogP contribution in [-0.4, -0.2) is 18.0 Å². The molecular formula is C21H16FN3O2. The molecule has 27 heavy (non-hydrogen) atoms. The number of hydrogen-bond acceptors (Lipinski definition) is 3. The Labute approximate surface area is 155 Å². The van der Waals surface area contributed by atoms with Gasteiger partial charge >= 0.3 is 11.8 Å². The molecule has 0 aliphatic rings. The predicted molar refractivity (Wildman–Crippen MR) is 103 cm³/mol. The number of amides is 2. The Balaban J connectivity index is 1.65. The lowest BCUT2D eigenvalue weighted by molar-refractivity contribution is -0.136. The highest BCUT2D eigenvalue weighted by Gasteiger charge is 2.15. The molecule has 0 atom stereocenters. The van der Waals surface area contributed by atoms with Gasteiger partial charge < -0.3 is 5.32 Å². The molecule has 2 amide bonds. The largest absolute Gasteiger partial charge is 0.329 e. The molecule has 0 fully saturated rings. The van der Waals surface area contributed by atoms with E-state index in [9.17, 15) is 14.0 Å². The average molecular weight is 361 g/mol. The Morgan fingerprint density at radius 1 is 0.815 bits per heavy atom. The summed E-state index contributed by atoms with van der Waals surface area (Å²) in [7, 11) is 0. The molecule has 5 nitrogen and oxygen atoms in total. The van der Waals surface area contributed by atoms with Gasteiger partial charge in [-0.05, 0) is 29.3 Å². The van der Waals surface area contributed by atoms with Crippen LogP contribution in [0.3, 0.4) is 0 Å². The first-order chi connectivity index (χ1) is 13.1. The van der Waals surface area contributed by atoms with Gasteiger partial charge in [0.2, 0.25) is 0 Å². The summed E-state index contributed by atoms with van der Waals surface area (Å²) in [6.07, 6.45) is 1.32. The minimum absolute atomic E-state index is 0.368. The molecule has 134 valence electrons. The third kappa shape index (κ3) is 4.85. The van der Waals surface area contributed by atoms with Crippen LogP contribution in [0.4, 0.5) is 10.1 Å². The third-order valence-corrected chi connectivity index (χ3v) is 3.72. The number of halogens is 1. The number of hydrazone groups is 1. The van der Waals surface area contributed by atoms with E-state index in [1.807, 2.05) is 42.5 Å². The average Bonchev–Trinajstić information content (AvgIpc) is 2.70. The standard InChI is InChI=1S/C21H16FN3O2/c22-17-12-10-15(11-13-17)14-23-25-21(27)20(26)24-19-9-5-4-8-18(19)16-6-2-1-3-7-16/h1-14H,(H,24,26)(H,25,27). The zero-order valence-corrected chi connectivity index (χ0v) is 14.2. The van der Waals surface area contributed by atoms with Crippen molar-refractivity contribution in [1.82, 2.24) is 5.43 Å². The van der Waals surface area contributed by atoms with Crippen LogP contribution in [0.5, 0.6) is 0 Å². The van der Waals surface area contributed by atoms with Gasteiger partial charge in [-0.15, -0.1) is 0 Å². The van der Waals surface area contributed by atoms with Crippen molar-refractivity contribution >= 4 is 23.7 Å². The van der Waals surface area contributed by atoms with Crippen molar-refractivity contribution < 1.29 is 14.0 Å². The molecule has 0 heterocycles. The van der Waals surface area contributed by atoms with Gasteiger partial charge in [-0.1, -0.05) is 60.7 Å². The van der Waals surface area contributed by atoms with Crippen molar-refractivity contribution in [3.63, 3.8) is 0 Å². The van der Waals surface area contributed by atoms with E-state index < -0.39 is 11.8 Å². The maximum absolute atomic E-state index is 12.8. The summed E-state index contributed by atoms with van der Waals surface area (Å²) >= 11 is 0. The van der Waals surface area contributed by atoms with E-state index >= 15 is 0 Å². The first-order valence-corrected chi connectivity index (χ1v) is 8.18. The summed E-state index contributed by atoms with van der Waals surface area (Å²) < 4.78 is 12.8. The maximum Gasteiger partial charge on any atom is 0.329 e. The predicted octanol–water partition coefficient (Wildman–Crippen LogP) is 3.58. The zero-order chi connectivity index (χ0) is 19.1. The lowest BCUT2D eigenvalue weighted by atomic mass is 10.0.